The van der Waals surface area contributed by atoms with Gasteiger partial charge in [-0.25, -0.2) is 0 Å². The van der Waals surface area contributed by atoms with Gasteiger partial charge in [-0.2, -0.15) is 13.2 Å². The minimum Gasteiger partial charge on any atom is -0.347 e. The number of amides is 1. The fraction of sp³-hybridized carbons (Fsp3) is 0.909. The van der Waals surface area contributed by atoms with E-state index < -0.39 is 18.6 Å². The van der Waals surface area contributed by atoms with Gasteiger partial charge in [-0.15, -0.1) is 0 Å². The Kier molecular flexibility index (Phi) is 5.24. The van der Waals surface area contributed by atoms with E-state index in [1.807, 2.05) is 12.2 Å². The number of hydrogen-bond donors (Lipinski definition) is 2. The molecule has 1 saturated heterocycles. The molecule has 100 valence electrons. The highest BCUT2D eigenvalue weighted by molar-refractivity contribution is 5.76. The minimum atomic E-state index is -4.33. The molecule has 0 aromatic carbocycles. The van der Waals surface area contributed by atoms with E-state index >= 15 is 0 Å². The first kappa shape index (κ1) is 14.3. The molecule has 0 aromatic rings. The molecule has 1 rings (SSSR count). The number of nitrogens with one attached hydrogen (secondary N) is 2. The number of carbonyl (C=O) groups is 1. The molecular formula is C11H19F3N2O. The van der Waals surface area contributed by atoms with Crippen LogP contribution >= 0.6 is 0 Å². The molecule has 2 N–H and O–H groups in total. The number of alkyl halides is 3. The summed E-state index contributed by atoms with van der Waals surface area (Å²) in [6, 6.07) is 0. The molecule has 2 unspecified atom stereocenters. The molecule has 0 spiro atoms. The molecule has 0 aromatic heterocycles. The summed E-state index contributed by atoms with van der Waals surface area (Å²) >= 11 is 0. The molecule has 0 radical (unpaired) electrons. The molecule has 1 heterocycles. The topological polar surface area (TPSA) is 41.1 Å². The Hall–Kier alpha value is -0.780. The molecule has 17 heavy (non-hydrogen) atoms. The van der Waals surface area contributed by atoms with Gasteiger partial charge >= 0.3 is 6.18 Å². The standard InChI is InChI=1S/C11H19F3N2O/c1-8(9-3-2-4-15-6-9)5-10(17)16-7-11(12,13)14/h8-9,15H,2-7H2,1H3,(H,16,17). The van der Waals surface area contributed by atoms with E-state index in [4.69, 9.17) is 0 Å². The van der Waals surface area contributed by atoms with Gasteiger partial charge in [0.1, 0.15) is 6.54 Å². The summed E-state index contributed by atoms with van der Waals surface area (Å²) in [6.45, 7) is 2.53. The third-order valence-electron chi connectivity index (χ3n) is 3.13. The largest absolute Gasteiger partial charge is 0.405 e. The Bertz CT molecular complexity index is 250. The fourth-order valence-electron chi connectivity index (χ4n) is 2.09. The lowest BCUT2D eigenvalue weighted by Gasteiger charge is -2.28. The first-order valence-corrected chi connectivity index (χ1v) is 5.92. The number of piperidine rings is 1. The van der Waals surface area contributed by atoms with Gasteiger partial charge in [-0.05, 0) is 37.8 Å². The summed E-state index contributed by atoms with van der Waals surface area (Å²) in [5.41, 5.74) is 0. The van der Waals surface area contributed by atoms with Crippen molar-refractivity contribution in [1.82, 2.24) is 10.6 Å². The fourth-order valence-corrected chi connectivity index (χ4v) is 2.09. The summed E-state index contributed by atoms with van der Waals surface area (Å²) in [6.07, 6.45) is -2.05. The van der Waals surface area contributed by atoms with Crippen LogP contribution in [0.2, 0.25) is 0 Å². The van der Waals surface area contributed by atoms with Crippen LogP contribution in [0.3, 0.4) is 0 Å². The number of halogens is 3. The molecule has 1 fully saturated rings. The molecule has 3 nitrogen and oxygen atoms in total. The van der Waals surface area contributed by atoms with E-state index in [0.29, 0.717) is 5.92 Å². The molecule has 6 heteroatoms. The highest BCUT2D eigenvalue weighted by Gasteiger charge is 2.28. The van der Waals surface area contributed by atoms with Crippen LogP contribution in [0.25, 0.3) is 0 Å². The van der Waals surface area contributed by atoms with Crippen molar-refractivity contribution in [3.63, 3.8) is 0 Å². The van der Waals surface area contributed by atoms with Crippen LogP contribution in [0.1, 0.15) is 26.2 Å². The van der Waals surface area contributed by atoms with Crippen LogP contribution in [-0.2, 0) is 4.79 Å². The smallest absolute Gasteiger partial charge is 0.347 e. The molecule has 0 bridgehead atoms. The number of rotatable bonds is 4. The van der Waals surface area contributed by atoms with Gasteiger partial charge in [0.2, 0.25) is 5.91 Å². The Balaban J connectivity index is 2.25. The van der Waals surface area contributed by atoms with Gasteiger partial charge in [-0.3, -0.25) is 4.79 Å². The van der Waals surface area contributed by atoms with Crippen molar-refractivity contribution >= 4 is 5.91 Å². The molecule has 1 aliphatic rings. The summed E-state index contributed by atoms with van der Waals surface area (Å²) in [7, 11) is 0. The van der Waals surface area contributed by atoms with Crippen molar-refractivity contribution in [2.45, 2.75) is 32.4 Å². The highest BCUT2D eigenvalue weighted by atomic mass is 19.4. The van der Waals surface area contributed by atoms with E-state index in [1.165, 1.54) is 0 Å². The van der Waals surface area contributed by atoms with Crippen LogP contribution in [0.4, 0.5) is 13.2 Å². The second kappa shape index (κ2) is 6.23. The lowest BCUT2D eigenvalue weighted by Crippen LogP contribution is -2.38. The third-order valence-corrected chi connectivity index (χ3v) is 3.13. The van der Waals surface area contributed by atoms with E-state index in [2.05, 4.69) is 5.32 Å². The van der Waals surface area contributed by atoms with Gasteiger partial charge in [-0.1, -0.05) is 6.92 Å². The monoisotopic (exact) mass is 252 g/mol. The van der Waals surface area contributed by atoms with E-state index in [9.17, 15) is 18.0 Å². The average molecular weight is 252 g/mol. The predicted octanol–water partition coefficient (Wildman–Crippen LogP) is 1.69. The Morgan fingerprint density at radius 2 is 2.24 bits per heavy atom. The summed E-state index contributed by atoms with van der Waals surface area (Å²) in [5, 5.41) is 5.14. The van der Waals surface area contributed by atoms with Crippen molar-refractivity contribution in [2.75, 3.05) is 19.6 Å². The van der Waals surface area contributed by atoms with Crippen LogP contribution in [-0.4, -0.2) is 31.7 Å². The zero-order valence-corrected chi connectivity index (χ0v) is 9.94. The third kappa shape index (κ3) is 5.91. The minimum absolute atomic E-state index is 0.121. The van der Waals surface area contributed by atoms with Gasteiger partial charge in [0, 0.05) is 6.42 Å². The van der Waals surface area contributed by atoms with Crippen LogP contribution < -0.4 is 10.6 Å². The molecule has 1 aliphatic heterocycles. The van der Waals surface area contributed by atoms with Crippen molar-refractivity contribution in [1.29, 1.82) is 0 Å². The maximum Gasteiger partial charge on any atom is 0.405 e. The number of hydrogen-bond acceptors (Lipinski definition) is 2. The molecule has 1 amide bonds. The Morgan fingerprint density at radius 3 is 2.76 bits per heavy atom. The van der Waals surface area contributed by atoms with Crippen LogP contribution in [0, 0.1) is 11.8 Å². The quantitative estimate of drug-likeness (QED) is 0.799. The van der Waals surface area contributed by atoms with E-state index in [1.54, 1.807) is 0 Å². The Labute approximate surface area is 99.1 Å². The van der Waals surface area contributed by atoms with Gasteiger partial charge < -0.3 is 10.6 Å². The highest BCUT2D eigenvalue weighted by Crippen LogP contribution is 2.22. The van der Waals surface area contributed by atoms with Crippen molar-refractivity contribution < 1.29 is 18.0 Å². The maximum absolute atomic E-state index is 11.9. The van der Waals surface area contributed by atoms with Crippen molar-refractivity contribution in [2.24, 2.45) is 11.8 Å². The molecule has 0 aliphatic carbocycles. The first-order chi connectivity index (χ1) is 7.88. The average Bonchev–Trinajstić information content (AvgIpc) is 2.27. The molecule has 0 saturated carbocycles. The second-order valence-electron chi connectivity index (χ2n) is 4.68. The van der Waals surface area contributed by atoms with Crippen LogP contribution in [0.5, 0.6) is 0 Å². The van der Waals surface area contributed by atoms with Gasteiger partial charge in [0.15, 0.2) is 0 Å². The first-order valence-electron chi connectivity index (χ1n) is 5.92. The molecule has 2 atom stereocenters. The van der Waals surface area contributed by atoms with Crippen LogP contribution in [0.15, 0.2) is 0 Å². The predicted molar refractivity (Wildman–Crippen MR) is 58.4 cm³/mol. The van der Waals surface area contributed by atoms with Gasteiger partial charge in [0.05, 0.1) is 0 Å². The van der Waals surface area contributed by atoms with E-state index in [0.717, 1.165) is 25.9 Å². The Morgan fingerprint density at radius 1 is 1.53 bits per heavy atom. The lowest BCUT2D eigenvalue weighted by molar-refractivity contribution is -0.139. The molecular weight excluding hydrogens is 233 g/mol. The SMILES string of the molecule is CC(CC(=O)NCC(F)(F)F)C1CCCNC1. The number of carbonyl (C=O) groups excluding carboxylic acids is 1. The van der Waals surface area contributed by atoms with Crippen molar-refractivity contribution in [3.8, 4) is 0 Å². The summed E-state index contributed by atoms with van der Waals surface area (Å²) < 4.78 is 35.6. The maximum atomic E-state index is 11.9. The van der Waals surface area contributed by atoms with E-state index in [-0.39, 0.29) is 12.3 Å². The summed E-state index contributed by atoms with van der Waals surface area (Å²) in [4.78, 5) is 11.3. The zero-order valence-electron chi connectivity index (χ0n) is 9.94. The normalized spacial score (nSPS) is 23.2. The van der Waals surface area contributed by atoms with Crippen molar-refractivity contribution in [3.05, 3.63) is 0 Å². The lowest BCUT2D eigenvalue weighted by atomic mass is 9.85. The second-order valence-corrected chi connectivity index (χ2v) is 4.68. The van der Waals surface area contributed by atoms with Gasteiger partial charge in [0.25, 0.3) is 0 Å². The summed E-state index contributed by atoms with van der Waals surface area (Å²) in [5.74, 6) is -0.00295. The zero-order chi connectivity index (χ0) is 12.9.